The van der Waals surface area contributed by atoms with Crippen LogP contribution in [0.5, 0.6) is 11.8 Å². The molecule has 1 aliphatic carbocycles. The van der Waals surface area contributed by atoms with Gasteiger partial charge in [0.05, 0.1) is 19.8 Å². The SMILES string of the molecule is COc1ncnc(OC)c1CNC(C)CC1CC1. The standard InChI is InChI=1S/C13H21N3O2/c1-9(6-10-4-5-10)14-7-11-12(17-2)15-8-16-13(11)18-3/h8-10,14H,4-7H2,1-3H3. The van der Waals surface area contributed by atoms with E-state index in [1.807, 2.05) is 0 Å². The Labute approximate surface area is 108 Å². The molecular weight excluding hydrogens is 230 g/mol. The zero-order valence-electron chi connectivity index (χ0n) is 11.3. The fourth-order valence-electron chi connectivity index (χ4n) is 2.10. The molecular formula is C13H21N3O2. The van der Waals surface area contributed by atoms with Crippen molar-refractivity contribution in [1.82, 2.24) is 15.3 Å². The summed E-state index contributed by atoms with van der Waals surface area (Å²) in [4.78, 5) is 8.21. The molecule has 1 heterocycles. The molecule has 1 aromatic heterocycles. The minimum absolute atomic E-state index is 0.493. The highest BCUT2D eigenvalue weighted by molar-refractivity contribution is 5.34. The molecule has 1 atom stereocenters. The summed E-state index contributed by atoms with van der Waals surface area (Å²) in [5, 5.41) is 3.48. The van der Waals surface area contributed by atoms with Gasteiger partial charge in [-0.15, -0.1) is 0 Å². The highest BCUT2D eigenvalue weighted by atomic mass is 16.5. The van der Waals surface area contributed by atoms with Crippen LogP contribution >= 0.6 is 0 Å². The molecule has 5 nitrogen and oxygen atoms in total. The van der Waals surface area contributed by atoms with Crippen molar-refractivity contribution in [2.45, 2.75) is 38.8 Å². The first-order valence-electron chi connectivity index (χ1n) is 6.39. The van der Waals surface area contributed by atoms with Crippen LogP contribution in [0.25, 0.3) is 0 Å². The number of hydrogen-bond acceptors (Lipinski definition) is 5. The summed E-state index contributed by atoms with van der Waals surface area (Å²) in [7, 11) is 3.22. The third-order valence-corrected chi connectivity index (χ3v) is 3.26. The molecule has 2 rings (SSSR count). The van der Waals surface area contributed by atoms with Crippen molar-refractivity contribution in [2.75, 3.05) is 14.2 Å². The number of nitrogens with zero attached hydrogens (tertiary/aromatic N) is 2. The quantitative estimate of drug-likeness (QED) is 0.800. The smallest absolute Gasteiger partial charge is 0.224 e. The van der Waals surface area contributed by atoms with E-state index in [-0.39, 0.29) is 0 Å². The highest BCUT2D eigenvalue weighted by Gasteiger charge is 2.23. The second-order valence-electron chi connectivity index (χ2n) is 4.83. The number of rotatable bonds is 7. The molecule has 0 aromatic carbocycles. The molecule has 0 radical (unpaired) electrons. The molecule has 100 valence electrons. The van der Waals surface area contributed by atoms with Gasteiger partial charge in [0.2, 0.25) is 11.8 Å². The predicted molar refractivity (Wildman–Crippen MR) is 68.8 cm³/mol. The van der Waals surface area contributed by atoms with Crippen molar-refractivity contribution < 1.29 is 9.47 Å². The van der Waals surface area contributed by atoms with E-state index in [0.717, 1.165) is 11.5 Å². The van der Waals surface area contributed by atoms with Crippen molar-refractivity contribution in [2.24, 2.45) is 5.92 Å². The molecule has 1 N–H and O–H groups in total. The van der Waals surface area contributed by atoms with E-state index in [4.69, 9.17) is 9.47 Å². The molecule has 0 saturated heterocycles. The molecule has 5 heteroatoms. The second kappa shape index (κ2) is 6.00. The Kier molecular flexibility index (Phi) is 4.36. The number of aromatic nitrogens is 2. The Morgan fingerprint density at radius 3 is 2.39 bits per heavy atom. The summed E-state index contributed by atoms with van der Waals surface area (Å²) in [5.41, 5.74) is 0.880. The molecule has 1 unspecified atom stereocenters. The first kappa shape index (κ1) is 13.1. The molecule has 1 aliphatic rings. The maximum Gasteiger partial charge on any atom is 0.224 e. The zero-order valence-corrected chi connectivity index (χ0v) is 11.3. The topological polar surface area (TPSA) is 56.3 Å². The van der Waals surface area contributed by atoms with Gasteiger partial charge < -0.3 is 14.8 Å². The lowest BCUT2D eigenvalue weighted by Gasteiger charge is -2.15. The lowest BCUT2D eigenvalue weighted by molar-refractivity contribution is 0.355. The van der Waals surface area contributed by atoms with Crippen LogP contribution in [-0.4, -0.2) is 30.2 Å². The van der Waals surface area contributed by atoms with Gasteiger partial charge in [0, 0.05) is 12.6 Å². The van der Waals surface area contributed by atoms with Crippen LogP contribution in [0.1, 0.15) is 31.7 Å². The monoisotopic (exact) mass is 251 g/mol. The van der Waals surface area contributed by atoms with Gasteiger partial charge in [-0.05, 0) is 19.3 Å². The lowest BCUT2D eigenvalue weighted by Crippen LogP contribution is -2.26. The Morgan fingerprint density at radius 2 is 1.89 bits per heavy atom. The third-order valence-electron chi connectivity index (χ3n) is 3.26. The lowest BCUT2D eigenvalue weighted by atomic mass is 10.1. The fraction of sp³-hybridized carbons (Fsp3) is 0.692. The summed E-state index contributed by atoms with van der Waals surface area (Å²) >= 11 is 0. The van der Waals surface area contributed by atoms with Crippen molar-refractivity contribution in [3.8, 4) is 11.8 Å². The number of nitrogens with one attached hydrogen (secondary N) is 1. The first-order valence-corrected chi connectivity index (χ1v) is 6.39. The van der Waals surface area contributed by atoms with Gasteiger partial charge in [-0.25, -0.2) is 9.97 Å². The summed E-state index contributed by atoms with van der Waals surface area (Å²) in [6.45, 7) is 2.88. The zero-order chi connectivity index (χ0) is 13.0. The molecule has 0 bridgehead atoms. The molecule has 0 amide bonds. The summed E-state index contributed by atoms with van der Waals surface area (Å²) < 4.78 is 10.5. The van der Waals surface area contributed by atoms with Gasteiger partial charge in [-0.2, -0.15) is 0 Å². The summed E-state index contributed by atoms with van der Waals surface area (Å²) in [6, 6.07) is 0.493. The van der Waals surface area contributed by atoms with Crippen LogP contribution in [0.15, 0.2) is 6.33 Å². The average molecular weight is 251 g/mol. The molecule has 18 heavy (non-hydrogen) atoms. The van der Waals surface area contributed by atoms with Crippen LogP contribution in [-0.2, 0) is 6.54 Å². The molecule has 0 aliphatic heterocycles. The minimum atomic E-state index is 0.493. The number of ether oxygens (including phenoxy) is 2. The van der Waals surface area contributed by atoms with Crippen LogP contribution in [0.3, 0.4) is 0 Å². The Balaban J connectivity index is 1.97. The van der Waals surface area contributed by atoms with Gasteiger partial charge in [0.15, 0.2) is 0 Å². The molecule has 1 fully saturated rings. The van der Waals surface area contributed by atoms with E-state index in [1.165, 1.54) is 25.6 Å². The van der Waals surface area contributed by atoms with E-state index in [9.17, 15) is 0 Å². The van der Waals surface area contributed by atoms with Crippen LogP contribution < -0.4 is 14.8 Å². The minimum Gasteiger partial charge on any atom is -0.481 e. The fourth-order valence-corrected chi connectivity index (χ4v) is 2.10. The second-order valence-corrected chi connectivity index (χ2v) is 4.83. The van der Waals surface area contributed by atoms with Crippen molar-refractivity contribution >= 4 is 0 Å². The van der Waals surface area contributed by atoms with Crippen LogP contribution in [0.2, 0.25) is 0 Å². The van der Waals surface area contributed by atoms with Gasteiger partial charge in [-0.1, -0.05) is 12.8 Å². The van der Waals surface area contributed by atoms with E-state index >= 15 is 0 Å². The van der Waals surface area contributed by atoms with Gasteiger partial charge >= 0.3 is 0 Å². The number of hydrogen-bond donors (Lipinski definition) is 1. The highest BCUT2D eigenvalue weighted by Crippen LogP contribution is 2.33. The van der Waals surface area contributed by atoms with Gasteiger partial charge in [0.1, 0.15) is 6.33 Å². The van der Waals surface area contributed by atoms with Crippen LogP contribution in [0, 0.1) is 5.92 Å². The first-order chi connectivity index (χ1) is 8.74. The van der Waals surface area contributed by atoms with Crippen molar-refractivity contribution in [1.29, 1.82) is 0 Å². The Bertz CT molecular complexity index is 372. The van der Waals surface area contributed by atoms with E-state index in [1.54, 1.807) is 14.2 Å². The molecule has 1 aromatic rings. The van der Waals surface area contributed by atoms with Crippen molar-refractivity contribution in [3.63, 3.8) is 0 Å². The maximum atomic E-state index is 5.24. The summed E-state index contributed by atoms with van der Waals surface area (Å²) in [5.74, 6) is 2.07. The molecule has 1 saturated carbocycles. The van der Waals surface area contributed by atoms with E-state index in [2.05, 4.69) is 22.2 Å². The molecule has 0 spiro atoms. The van der Waals surface area contributed by atoms with Gasteiger partial charge in [0.25, 0.3) is 0 Å². The average Bonchev–Trinajstić information content (AvgIpc) is 3.19. The number of methoxy groups -OCH3 is 2. The Morgan fingerprint density at radius 1 is 1.28 bits per heavy atom. The normalized spacial score (nSPS) is 16.4. The van der Waals surface area contributed by atoms with Crippen molar-refractivity contribution in [3.05, 3.63) is 11.9 Å². The Hall–Kier alpha value is -1.36. The van der Waals surface area contributed by atoms with Crippen LogP contribution in [0.4, 0.5) is 0 Å². The largest absolute Gasteiger partial charge is 0.481 e. The maximum absolute atomic E-state index is 5.24. The predicted octanol–water partition coefficient (Wildman–Crippen LogP) is 1.77. The third kappa shape index (κ3) is 3.32. The van der Waals surface area contributed by atoms with E-state index < -0.39 is 0 Å². The van der Waals surface area contributed by atoms with Gasteiger partial charge in [-0.3, -0.25) is 0 Å². The van der Waals surface area contributed by atoms with E-state index in [0.29, 0.717) is 24.3 Å². The summed E-state index contributed by atoms with van der Waals surface area (Å²) in [6.07, 6.45) is 5.45.